The van der Waals surface area contributed by atoms with Gasteiger partial charge in [0.1, 0.15) is 21.8 Å². The van der Waals surface area contributed by atoms with Crippen molar-refractivity contribution in [3.8, 4) is 0 Å². The number of phosphoric ester groups is 1. The summed E-state index contributed by atoms with van der Waals surface area (Å²) in [6.07, 6.45) is -2.42. The Bertz CT molecular complexity index is 404. The van der Waals surface area contributed by atoms with Crippen LogP contribution in [-0.2, 0) is 23.1 Å². The molecule has 116 valence electrons. The van der Waals surface area contributed by atoms with Gasteiger partial charge in [-0.2, -0.15) is 0 Å². The molecule has 3 unspecified atom stereocenters. The third-order valence-electron chi connectivity index (χ3n) is 3.38. The minimum absolute atomic E-state index is 0.109. The zero-order valence-corrected chi connectivity index (χ0v) is 12.3. The molecule has 8 nitrogen and oxygen atoms in total. The first kappa shape index (κ1) is 17.4. The standard InChI is InChI=1S/C10H18B2NO7P/c11-9-1-5(14)8(19-9)4-17-21(15,16)20-6-2-10(12)18-7(6)3-13/h5-10,14H,1-4,13H2,(H,15,16)/t5-,6-,7?,8?,9-,10-/m1/s1. The van der Waals surface area contributed by atoms with Gasteiger partial charge in [-0.3, -0.25) is 9.05 Å². The number of aliphatic hydroxyl groups excluding tert-OH is 1. The average molecular weight is 317 g/mol. The van der Waals surface area contributed by atoms with Crippen LogP contribution in [0.1, 0.15) is 12.8 Å². The van der Waals surface area contributed by atoms with Gasteiger partial charge < -0.3 is 25.2 Å². The summed E-state index contributed by atoms with van der Waals surface area (Å²) >= 11 is 0. The molecule has 0 saturated carbocycles. The van der Waals surface area contributed by atoms with Gasteiger partial charge in [0.15, 0.2) is 0 Å². The van der Waals surface area contributed by atoms with Crippen molar-refractivity contribution >= 4 is 23.5 Å². The summed E-state index contributed by atoms with van der Waals surface area (Å²) in [5.74, 6) is 0. The van der Waals surface area contributed by atoms with Crippen molar-refractivity contribution in [3.63, 3.8) is 0 Å². The normalized spacial score (nSPS) is 43.0. The lowest BCUT2D eigenvalue weighted by atomic mass is 9.96. The van der Waals surface area contributed by atoms with Crippen LogP contribution in [0.2, 0.25) is 0 Å². The molecule has 2 saturated heterocycles. The highest BCUT2D eigenvalue weighted by atomic mass is 31.2. The molecule has 7 atom stereocenters. The van der Waals surface area contributed by atoms with Crippen LogP contribution >= 0.6 is 7.82 Å². The van der Waals surface area contributed by atoms with Crippen LogP contribution in [0, 0.1) is 0 Å². The van der Waals surface area contributed by atoms with E-state index in [1.807, 2.05) is 0 Å². The molecule has 2 rings (SSSR count). The third kappa shape index (κ3) is 4.77. The first-order chi connectivity index (χ1) is 9.80. The van der Waals surface area contributed by atoms with Crippen LogP contribution in [0.3, 0.4) is 0 Å². The monoisotopic (exact) mass is 317 g/mol. The fraction of sp³-hybridized carbons (Fsp3) is 1.00. The molecular weight excluding hydrogens is 299 g/mol. The van der Waals surface area contributed by atoms with Gasteiger partial charge >= 0.3 is 7.82 Å². The molecule has 0 aromatic carbocycles. The zero-order chi connectivity index (χ0) is 15.6. The first-order valence-electron chi connectivity index (χ1n) is 6.66. The minimum Gasteiger partial charge on any atom is -0.390 e. The molecule has 0 bridgehead atoms. The molecule has 2 aliphatic rings. The second-order valence-electron chi connectivity index (χ2n) is 5.11. The van der Waals surface area contributed by atoms with E-state index in [-0.39, 0.29) is 26.0 Å². The summed E-state index contributed by atoms with van der Waals surface area (Å²) < 4.78 is 32.1. The highest BCUT2D eigenvalue weighted by molar-refractivity contribution is 7.47. The molecule has 21 heavy (non-hydrogen) atoms. The van der Waals surface area contributed by atoms with E-state index in [1.165, 1.54) is 0 Å². The Morgan fingerprint density at radius 1 is 1.24 bits per heavy atom. The third-order valence-corrected chi connectivity index (χ3v) is 4.40. The van der Waals surface area contributed by atoms with Crippen LogP contribution < -0.4 is 5.73 Å². The predicted molar refractivity (Wildman–Crippen MR) is 73.8 cm³/mol. The molecule has 2 fully saturated rings. The minimum atomic E-state index is -4.34. The van der Waals surface area contributed by atoms with Crippen molar-refractivity contribution in [2.45, 2.75) is 49.3 Å². The second-order valence-corrected chi connectivity index (χ2v) is 6.51. The van der Waals surface area contributed by atoms with Gasteiger partial charge in [-0.05, 0) is 12.8 Å². The van der Waals surface area contributed by atoms with Crippen LogP contribution in [-0.4, -0.2) is 75.3 Å². The maximum absolute atomic E-state index is 11.9. The van der Waals surface area contributed by atoms with E-state index < -0.39 is 44.2 Å². The zero-order valence-electron chi connectivity index (χ0n) is 11.4. The number of nitrogens with two attached hydrogens (primary N) is 1. The summed E-state index contributed by atoms with van der Waals surface area (Å²) in [4.78, 5) is 9.69. The van der Waals surface area contributed by atoms with Crippen molar-refractivity contribution in [2.75, 3.05) is 13.2 Å². The fourth-order valence-electron chi connectivity index (χ4n) is 2.35. The van der Waals surface area contributed by atoms with Crippen molar-refractivity contribution in [1.82, 2.24) is 0 Å². The van der Waals surface area contributed by atoms with E-state index in [9.17, 15) is 14.6 Å². The first-order valence-corrected chi connectivity index (χ1v) is 8.16. The molecule has 0 amide bonds. The van der Waals surface area contributed by atoms with Crippen LogP contribution in [0.15, 0.2) is 0 Å². The summed E-state index contributed by atoms with van der Waals surface area (Å²) in [5.41, 5.74) is 5.47. The number of hydrogen-bond donors (Lipinski definition) is 3. The molecule has 11 heteroatoms. The molecule has 4 radical (unpaired) electrons. The van der Waals surface area contributed by atoms with Gasteiger partial charge in [-0.15, -0.1) is 0 Å². The van der Waals surface area contributed by atoms with E-state index in [0.29, 0.717) is 0 Å². The van der Waals surface area contributed by atoms with Gasteiger partial charge in [-0.1, -0.05) is 0 Å². The molecule has 2 aliphatic heterocycles. The topological polar surface area (TPSA) is 120 Å². The summed E-state index contributed by atoms with van der Waals surface area (Å²) in [6.45, 7) is -0.201. The maximum atomic E-state index is 11.9. The quantitative estimate of drug-likeness (QED) is 0.395. The van der Waals surface area contributed by atoms with Crippen molar-refractivity contribution < 1.29 is 33.1 Å². The van der Waals surface area contributed by atoms with E-state index >= 15 is 0 Å². The van der Waals surface area contributed by atoms with Gasteiger partial charge in [0.2, 0.25) is 0 Å². The Hall–Kier alpha value is 0.0799. The number of ether oxygens (including phenoxy) is 2. The van der Waals surface area contributed by atoms with E-state index in [0.717, 1.165) is 0 Å². The molecule has 0 spiro atoms. The lowest BCUT2D eigenvalue weighted by Gasteiger charge is -2.22. The Morgan fingerprint density at radius 2 is 1.86 bits per heavy atom. The van der Waals surface area contributed by atoms with Crippen LogP contribution in [0.4, 0.5) is 0 Å². The van der Waals surface area contributed by atoms with Crippen molar-refractivity contribution in [3.05, 3.63) is 0 Å². The Kier molecular flexibility index (Phi) is 5.90. The number of hydrogen-bond acceptors (Lipinski definition) is 7. The van der Waals surface area contributed by atoms with Gasteiger partial charge in [0.25, 0.3) is 0 Å². The van der Waals surface area contributed by atoms with E-state index in [1.54, 1.807) is 0 Å². The summed E-state index contributed by atoms with van der Waals surface area (Å²) in [7, 11) is 6.73. The molecule has 0 aromatic heterocycles. The lowest BCUT2D eigenvalue weighted by Crippen LogP contribution is -2.32. The van der Waals surface area contributed by atoms with E-state index in [4.69, 9.17) is 39.9 Å². The Morgan fingerprint density at radius 3 is 2.43 bits per heavy atom. The second kappa shape index (κ2) is 7.10. The predicted octanol–water partition coefficient (Wildman–Crippen LogP) is -1.62. The average Bonchev–Trinajstić information content (AvgIpc) is 2.88. The number of phosphoric acid groups is 1. The molecule has 0 aliphatic carbocycles. The highest BCUT2D eigenvalue weighted by Gasteiger charge is 2.39. The Labute approximate surface area is 125 Å². The SMILES string of the molecule is [B][C@H]1C[C@@H](O)C(COP(=O)(O)O[C@@H]2C[C@H]([B])OC2CN)O1. The van der Waals surface area contributed by atoms with Gasteiger partial charge in [-0.25, -0.2) is 4.57 Å². The van der Waals surface area contributed by atoms with Crippen LogP contribution in [0.25, 0.3) is 0 Å². The molecule has 2 heterocycles. The fourth-order valence-corrected chi connectivity index (χ4v) is 3.31. The number of aliphatic hydroxyl groups is 1. The number of rotatable bonds is 6. The van der Waals surface area contributed by atoms with Crippen LogP contribution in [0.5, 0.6) is 0 Å². The smallest absolute Gasteiger partial charge is 0.390 e. The molecule has 4 N–H and O–H groups in total. The Balaban J connectivity index is 1.83. The van der Waals surface area contributed by atoms with Gasteiger partial charge in [0, 0.05) is 18.6 Å². The largest absolute Gasteiger partial charge is 0.472 e. The summed E-state index contributed by atoms with van der Waals surface area (Å²) in [6, 6.07) is -1.21. The van der Waals surface area contributed by atoms with Crippen molar-refractivity contribution in [2.24, 2.45) is 5.73 Å². The molecular formula is C10H18B2NO7P. The lowest BCUT2D eigenvalue weighted by molar-refractivity contribution is -0.0156. The highest BCUT2D eigenvalue weighted by Crippen LogP contribution is 2.47. The maximum Gasteiger partial charge on any atom is 0.472 e. The van der Waals surface area contributed by atoms with Crippen molar-refractivity contribution in [1.29, 1.82) is 0 Å². The molecule has 0 aromatic rings. The van der Waals surface area contributed by atoms with Gasteiger partial charge in [0.05, 0.1) is 24.9 Å². The van der Waals surface area contributed by atoms with E-state index in [2.05, 4.69) is 0 Å². The summed E-state index contributed by atoms with van der Waals surface area (Å²) in [5, 5.41) is 9.61.